The molecule has 0 aliphatic heterocycles. The Morgan fingerprint density at radius 2 is 1.82 bits per heavy atom. The summed E-state index contributed by atoms with van der Waals surface area (Å²) >= 11 is 0. The maximum atomic E-state index is 5.48. The van der Waals surface area contributed by atoms with Gasteiger partial charge in [-0.3, -0.25) is 0 Å². The molecule has 0 aromatic heterocycles. The highest BCUT2D eigenvalue weighted by atomic mass is 28.2. The molecule has 0 aromatic carbocycles. The summed E-state index contributed by atoms with van der Waals surface area (Å²) in [6, 6.07) is 0. The molecule has 11 heavy (non-hydrogen) atoms. The molecule has 0 bridgehead atoms. The van der Waals surface area contributed by atoms with Crippen LogP contribution in [0.2, 0.25) is 0 Å². The van der Waals surface area contributed by atoms with E-state index in [0.29, 0.717) is 6.10 Å². The number of hydrogen-bond donors (Lipinski definition) is 0. The second-order valence-electron chi connectivity index (χ2n) is 3.62. The highest BCUT2D eigenvalue weighted by molar-refractivity contribution is 5.98. The maximum Gasteiger partial charge on any atom is 0.146 e. The van der Waals surface area contributed by atoms with Crippen LogP contribution in [-0.2, 0) is 4.43 Å². The van der Waals surface area contributed by atoms with Gasteiger partial charge in [-0.05, 0) is 25.2 Å². The van der Waals surface area contributed by atoms with E-state index in [1.807, 2.05) is 0 Å². The fourth-order valence-electron chi connectivity index (χ4n) is 1.22. The molecule has 0 radical (unpaired) electrons. The van der Waals surface area contributed by atoms with Gasteiger partial charge in [0.25, 0.3) is 0 Å². The van der Waals surface area contributed by atoms with Crippen molar-refractivity contribution >= 4 is 10.5 Å². The second-order valence-corrected chi connectivity index (χ2v) is 4.09. The zero-order valence-electron chi connectivity index (χ0n) is 8.39. The van der Waals surface area contributed by atoms with Crippen LogP contribution in [0, 0.1) is 5.92 Å². The summed E-state index contributed by atoms with van der Waals surface area (Å²) in [5.74, 6) is 0.825. The van der Waals surface area contributed by atoms with Crippen LogP contribution in [0.1, 0.15) is 46.5 Å². The van der Waals surface area contributed by atoms with Gasteiger partial charge < -0.3 is 4.43 Å². The zero-order valence-corrected chi connectivity index (χ0v) is 10.4. The van der Waals surface area contributed by atoms with Gasteiger partial charge in [0, 0.05) is 6.10 Å². The van der Waals surface area contributed by atoms with Crippen molar-refractivity contribution in [1.82, 2.24) is 0 Å². The molecule has 1 nitrogen and oxygen atoms in total. The third-order valence-electron chi connectivity index (χ3n) is 2.01. The molecule has 0 saturated carbocycles. The average Bonchev–Trinajstić information content (AvgIpc) is 1.97. The summed E-state index contributed by atoms with van der Waals surface area (Å²) < 4.78 is 5.48. The monoisotopic (exact) mass is 174 g/mol. The van der Waals surface area contributed by atoms with Crippen molar-refractivity contribution in [2.24, 2.45) is 5.92 Å². The molecule has 0 aromatic rings. The topological polar surface area (TPSA) is 9.23 Å². The Kier molecular flexibility index (Phi) is 6.97. The smallest absolute Gasteiger partial charge is 0.146 e. The van der Waals surface area contributed by atoms with Gasteiger partial charge in [-0.1, -0.05) is 27.2 Å². The maximum absolute atomic E-state index is 5.48. The fraction of sp³-hybridized carbons (Fsp3) is 1.00. The average molecular weight is 174 g/mol. The molecule has 68 valence electrons. The van der Waals surface area contributed by atoms with Gasteiger partial charge in [-0.15, -0.1) is 0 Å². The molecule has 2 heteroatoms. The van der Waals surface area contributed by atoms with E-state index in [9.17, 15) is 0 Å². The summed E-state index contributed by atoms with van der Waals surface area (Å²) in [6.45, 7) is 6.77. The van der Waals surface area contributed by atoms with Crippen molar-refractivity contribution in [2.75, 3.05) is 0 Å². The molecular weight excluding hydrogens is 152 g/mol. The minimum absolute atomic E-state index is 0.564. The van der Waals surface area contributed by atoms with E-state index in [1.54, 1.807) is 0 Å². The zero-order chi connectivity index (χ0) is 8.69. The van der Waals surface area contributed by atoms with Gasteiger partial charge in [0.1, 0.15) is 10.5 Å². The Morgan fingerprint density at radius 3 is 2.18 bits per heavy atom. The first kappa shape index (κ1) is 11.2. The van der Waals surface area contributed by atoms with Gasteiger partial charge in [0.05, 0.1) is 0 Å². The first-order valence-corrected chi connectivity index (χ1v) is 5.55. The van der Waals surface area contributed by atoms with Crippen molar-refractivity contribution < 1.29 is 4.43 Å². The van der Waals surface area contributed by atoms with Crippen LogP contribution in [0.3, 0.4) is 0 Å². The van der Waals surface area contributed by atoms with Crippen LogP contribution in [0.5, 0.6) is 0 Å². The van der Waals surface area contributed by atoms with Gasteiger partial charge >= 0.3 is 0 Å². The molecule has 0 heterocycles. The summed E-state index contributed by atoms with van der Waals surface area (Å²) in [5, 5.41) is 0. The van der Waals surface area contributed by atoms with E-state index in [1.165, 1.54) is 25.7 Å². The Morgan fingerprint density at radius 1 is 1.18 bits per heavy atom. The molecule has 0 fully saturated rings. The third kappa shape index (κ3) is 6.57. The Hall–Kier alpha value is 0.177. The number of rotatable bonds is 6. The molecule has 1 unspecified atom stereocenters. The van der Waals surface area contributed by atoms with Gasteiger partial charge in [-0.2, -0.15) is 0 Å². The predicted octanol–water partition coefficient (Wildman–Crippen LogP) is 1.89. The van der Waals surface area contributed by atoms with Crippen LogP contribution in [0.25, 0.3) is 0 Å². The van der Waals surface area contributed by atoms with Crippen molar-refractivity contribution in [1.29, 1.82) is 0 Å². The Balaban J connectivity index is 3.35. The Labute approximate surface area is 74.1 Å². The molecular formula is C9H22OSi. The summed E-state index contributed by atoms with van der Waals surface area (Å²) in [5.41, 5.74) is 0. The van der Waals surface area contributed by atoms with E-state index in [-0.39, 0.29) is 0 Å². The van der Waals surface area contributed by atoms with Crippen LogP contribution in [-0.4, -0.2) is 16.6 Å². The van der Waals surface area contributed by atoms with E-state index in [2.05, 4.69) is 20.8 Å². The molecule has 0 aliphatic carbocycles. The largest absolute Gasteiger partial charge is 0.425 e. The van der Waals surface area contributed by atoms with Crippen LogP contribution in [0.15, 0.2) is 0 Å². The lowest BCUT2D eigenvalue weighted by Crippen LogP contribution is -2.11. The standard InChI is InChI=1S/C9H22OSi/c1-4-5-9(10-11)7-6-8(2)3/h8-9H,4-7H2,1-3,11H3. The van der Waals surface area contributed by atoms with Crippen molar-refractivity contribution in [3.05, 3.63) is 0 Å². The lowest BCUT2D eigenvalue weighted by molar-refractivity contribution is 0.188. The molecule has 1 atom stereocenters. The van der Waals surface area contributed by atoms with Gasteiger partial charge in [0.2, 0.25) is 0 Å². The molecule has 0 aliphatic rings. The first-order chi connectivity index (χ1) is 5.20. The predicted molar refractivity (Wildman–Crippen MR) is 53.8 cm³/mol. The molecule has 0 saturated heterocycles. The summed E-state index contributed by atoms with van der Waals surface area (Å²) in [6.07, 6.45) is 5.64. The lowest BCUT2D eigenvalue weighted by Gasteiger charge is -2.15. The van der Waals surface area contributed by atoms with Crippen LogP contribution in [0.4, 0.5) is 0 Å². The normalized spacial score (nSPS) is 14.2. The quantitative estimate of drug-likeness (QED) is 0.559. The number of hydrogen-bond acceptors (Lipinski definition) is 1. The van der Waals surface area contributed by atoms with E-state index < -0.39 is 0 Å². The van der Waals surface area contributed by atoms with E-state index in [4.69, 9.17) is 4.43 Å². The van der Waals surface area contributed by atoms with Gasteiger partial charge in [-0.25, -0.2) is 0 Å². The van der Waals surface area contributed by atoms with E-state index in [0.717, 1.165) is 16.4 Å². The third-order valence-corrected chi connectivity index (χ3v) is 2.68. The lowest BCUT2D eigenvalue weighted by atomic mass is 10.0. The van der Waals surface area contributed by atoms with Crippen molar-refractivity contribution in [3.63, 3.8) is 0 Å². The summed E-state index contributed by atoms with van der Waals surface area (Å²) in [7, 11) is 0.896. The minimum Gasteiger partial charge on any atom is -0.425 e. The molecule has 0 N–H and O–H groups in total. The molecule has 0 rings (SSSR count). The van der Waals surface area contributed by atoms with Crippen molar-refractivity contribution in [3.8, 4) is 0 Å². The van der Waals surface area contributed by atoms with Crippen molar-refractivity contribution in [2.45, 2.75) is 52.6 Å². The van der Waals surface area contributed by atoms with E-state index >= 15 is 0 Å². The first-order valence-electron chi connectivity index (χ1n) is 4.73. The van der Waals surface area contributed by atoms with Gasteiger partial charge in [0.15, 0.2) is 0 Å². The highest BCUT2D eigenvalue weighted by Gasteiger charge is 2.05. The summed E-state index contributed by atoms with van der Waals surface area (Å²) in [4.78, 5) is 0. The van der Waals surface area contributed by atoms with Crippen LogP contribution >= 0.6 is 0 Å². The highest BCUT2D eigenvalue weighted by Crippen LogP contribution is 2.12. The molecule has 0 spiro atoms. The second kappa shape index (κ2) is 6.86. The van der Waals surface area contributed by atoms with Crippen LogP contribution < -0.4 is 0 Å². The SMILES string of the molecule is CCCC(CCC(C)C)O[SiH3]. The fourth-order valence-corrected chi connectivity index (χ4v) is 1.69. The minimum atomic E-state index is 0.564. The Bertz CT molecular complexity index is 83.6. The molecule has 0 amide bonds.